The van der Waals surface area contributed by atoms with Crippen LogP contribution in [-0.4, -0.2) is 16.0 Å². The van der Waals surface area contributed by atoms with Crippen LogP contribution in [0.25, 0.3) is 0 Å². The summed E-state index contributed by atoms with van der Waals surface area (Å²) < 4.78 is 5.80. The van der Waals surface area contributed by atoms with Crippen LogP contribution in [0.15, 0.2) is 40.9 Å². The molecular weight excluding hydrogens is 366 g/mol. The molecule has 108 valence electrons. The minimum atomic E-state index is -1.09. The van der Waals surface area contributed by atoms with E-state index in [9.17, 15) is 14.9 Å². The van der Waals surface area contributed by atoms with Crippen molar-refractivity contribution in [2.45, 2.75) is 0 Å². The molecule has 0 bridgehead atoms. The van der Waals surface area contributed by atoms with Crippen LogP contribution in [0, 0.1) is 10.1 Å². The quantitative estimate of drug-likeness (QED) is 0.630. The molecule has 1 N–H and O–H groups in total. The maximum absolute atomic E-state index is 11.0. The number of carboxylic acids is 1. The van der Waals surface area contributed by atoms with Crippen molar-refractivity contribution in [1.82, 2.24) is 0 Å². The molecule has 0 spiro atoms. The third-order valence-electron chi connectivity index (χ3n) is 2.53. The number of carboxylic acid groups (broad SMARTS) is 1. The summed E-state index contributed by atoms with van der Waals surface area (Å²) >= 11 is 9.08. The van der Waals surface area contributed by atoms with Gasteiger partial charge in [-0.1, -0.05) is 17.7 Å². The molecule has 0 heterocycles. The van der Waals surface area contributed by atoms with E-state index in [0.717, 1.165) is 0 Å². The standard InChI is InChI=1S/C13H7BrClNO5/c14-8-6-7(13(17)18)4-5-11(8)21-12-9(15)2-1-3-10(12)16(19)20/h1-6H,(H,17,18). The molecule has 0 aromatic heterocycles. The van der Waals surface area contributed by atoms with Crippen LogP contribution in [0.1, 0.15) is 10.4 Å². The number of carbonyl (C=O) groups is 1. The van der Waals surface area contributed by atoms with E-state index in [1.165, 1.54) is 36.4 Å². The van der Waals surface area contributed by atoms with Crippen molar-refractivity contribution in [2.75, 3.05) is 0 Å². The van der Waals surface area contributed by atoms with Gasteiger partial charge in [-0.2, -0.15) is 0 Å². The lowest BCUT2D eigenvalue weighted by Crippen LogP contribution is -1.98. The first-order chi connectivity index (χ1) is 9.90. The van der Waals surface area contributed by atoms with Gasteiger partial charge in [-0.3, -0.25) is 10.1 Å². The van der Waals surface area contributed by atoms with Crippen molar-refractivity contribution in [3.05, 3.63) is 61.6 Å². The maximum Gasteiger partial charge on any atom is 0.335 e. The number of aromatic carboxylic acids is 1. The number of nitrogens with zero attached hydrogens (tertiary/aromatic N) is 1. The first-order valence-electron chi connectivity index (χ1n) is 5.53. The molecule has 0 aliphatic carbocycles. The fourth-order valence-electron chi connectivity index (χ4n) is 1.57. The summed E-state index contributed by atoms with van der Waals surface area (Å²) in [4.78, 5) is 21.2. The second-order valence-corrected chi connectivity index (χ2v) is 5.16. The predicted molar refractivity (Wildman–Crippen MR) is 79.3 cm³/mol. The zero-order chi connectivity index (χ0) is 15.6. The first kappa shape index (κ1) is 15.3. The van der Waals surface area contributed by atoms with Gasteiger partial charge in [0.2, 0.25) is 5.75 Å². The summed E-state index contributed by atoms with van der Waals surface area (Å²) in [5, 5.41) is 19.9. The molecule has 0 fully saturated rings. The number of hydrogen-bond acceptors (Lipinski definition) is 4. The summed E-state index contributed by atoms with van der Waals surface area (Å²) in [5.74, 6) is -0.977. The lowest BCUT2D eigenvalue weighted by Gasteiger charge is -2.10. The van der Waals surface area contributed by atoms with Crippen molar-refractivity contribution in [1.29, 1.82) is 0 Å². The summed E-state index contributed by atoms with van der Waals surface area (Å²) in [7, 11) is 0. The number of rotatable bonds is 4. The Labute approximate surface area is 132 Å². The highest BCUT2D eigenvalue weighted by Crippen LogP contribution is 2.40. The average molecular weight is 373 g/mol. The average Bonchev–Trinajstić information content (AvgIpc) is 2.42. The third-order valence-corrected chi connectivity index (χ3v) is 3.45. The van der Waals surface area contributed by atoms with E-state index in [2.05, 4.69) is 15.9 Å². The van der Waals surface area contributed by atoms with Gasteiger partial charge in [-0.25, -0.2) is 4.79 Å². The fraction of sp³-hybridized carbons (Fsp3) is 0. The third kappa shape index (κ3) is 3.32. The number of para-hydroxylation sites is 1. The molecule has 8 heteroatoms. The molecule has 0 saturated heterocycles. The molecule has 0 amide bonds. The van der Waals surface area contributed by atoms with Gasteiger partial charge in [-0.05, 0) is 40.2 Å². The highest BCUT2D eigenvalue weighted by molar-refractivity contribution is 9.10. The van der Waals surface area contributed by atoms with Crippen molar-refractivity contribution in [3.63, 3.8) is 0 Å². The van der Waals surface area contributed by atoms with Crippen LogP contribution in [0.5, 0.6) is 11.5 Å². The number of hydrogen-bond donors (Lipinski definition) is 1. The van der Waals surface area contributed by atoms with E-state index < -0.39 is 10.9 Å². The highest BCUT2D eigenvalue weighted by atomic mass is 79.9. The Balaban J connectivity index is 2.44. The first-order valence-corrected chi connectivity index (χ1v) is 6.71. The lowest BCUT2D eigenvalue weighted by atomic mass is 10.2. The molecule has 2 rings (SSSR count). The Kier molecular flexibility index (Phi) is 4.44. The molecule has 0 unspecified atom stereocenters. The van der Waals surface area contributed by atoms with Crippen LogP contribution >= 0.6 is 27.5 Å². The monoisotopic (exact) mass is 371 g/mol. The van der Waals surface area contributed by atoms with Crippen molar-refractivity contribution >= 4 is 39.2 Å². The molecule has 6 nitrogen and oxygen atoms in total. The lowest BCUT2D eigenvalue weighted by molar-refractivity contribution is -0.385. The molecule has 2 aromatic carbocycles. The molecular formula is C13H7BrClNO5. The Hall–Kier alpha value is -2.12. The normalized spacial score (nSPS) is 10.2. The van der Waals surface area contributed by atoms with E-state index in [1.54, 1.807) is 0 Å². The Bertz CT molecular complexity index is 734. The molecule has 0 aliphatic heterocycles. The Morgan fingerprint density at radius 1 is 1.33 bits per heavy atom. The number of benzene rings is 2. The zero-order valence-corrected chi connectivity index (χ0v) is 12.6. The minimum absolute atomic E-state index is 0.0582. The van der Waals surface area contributed by atoms with E-state index in [1.807, 2.05) is 0 Å². The molecule has 21 heavy (non-hydrogen) atoms. The van der Waals surface area contributed by atoms with Gasteiger partial charge in [0, 0.05) is 6.07 Å². The van der Waals surface area contributed by atoms with E-state index >= 15 is 0 Å². The molecule has 0 radical (unpaired) electrons. The largest absolute Gasteiger partial charge is 0.478 e. The van der Waals surface area contributed by atoms with Gasteiger partial charge in [-0.15, -0.1) is 0 Å². The second kappa shape index (κ2) is 6.11. The van der Waals surface area contributed by atoms with Gasteiger partial charge < -0.3 is 9.84 Å². The molecule has 0 aliphatic rings. The smallest absolute Gasteiger partial charge is 0.335 e. The molecule has 0 saturated carbocycles. The summed E-state index contributed by atoms with van der Waals surface area (Å²) in [6.07, 6.45) is 0. The zero-order valence-electron chi connectivity index (χ0n) is 10.2. The van der Waals surface area contributed by atoms with E-state index in [-0.39, 0.29) is 27.8 Å². The predicted octanol–water partition coefficient (Wildman–Crippen LogP) is 4.50. The molecule has 0 atom stereocenters. The Morgan fingerprint density at radius 2 is 2.05 bits per heavy atom. The highest BCUT2D eigenvalue weighted by Gasteiger charge is 2.20. The van der Waals surface area contributed by atoms with Crippen molar-refractivity contribution in [2.24, 2.45) is 0 Å². The van der Waals surface area contributed by atoms with Crippen LogP contribution < -0.4 is 4.74 Å². The Morgan fingerprint density at radius 3 is 2.62 bits per heavy atom. The molecule has 2 aromatic rings. The number of halogens is 2. The SMILES string of the molecule is O=C(O)c1ccc(Oc2c(Cl)cccc2[N+](=O)[O-])c(Br)c1. The van der Waals surface area contributed by atoms with E-state index in [0.29, 0.717) is 4.47 Å². The minimum Gasteiger partial charge on any atom is -0.478 e. The van der Waals surface area contributed by atoms with Crippen LogP contribution in [0.3, 0.4) is 0 Å². The fourth-order valence-corrected chi connectivity index (χ4v) is 2.24. The van der Waals surface area contributed by atoms with Crippen molar-refractivity contribution < 1.29 is 19.6 Å². The maximum atomic E-state index is 11.0. The van der Waals surface area contributed by atoms with Gasteiger partial charge in [0.25, 0.3) is 0 Å². The van der Waals surface area contributed by atoms with Gasteiger partial charge >= 0.3 is 11.7 Å². The number of ether oxygens (including phenoxy) is 1. The van der Waals surface area contributed by atoms with Crippen molar-refractivity contribution in [3.8, 4) is 11.5 Å². The van der Waals surface area contributed by atoms with Gasteiger partial charge in [0.1, 0.15) is 5.75 Å². The topological polar surface area (TPSA) is 89.7 Å². The van der Waals surface area contributed by atoms with Crippen LogP contribution in [0.4, 0.5) is 5.69 Å². The second-order valence-electron chi connectivity index (χ2n) is 3.90. The summed E-state index contributed by atoms with van der Waals surface area (Å²) in [5.41, 5.74) is -0.223. The van der Waals surface area contributed by atoms with Gasteiger partial charge in [0.15, 0.2) is 0 Å². The number of nitro groups is 1. The van der Waals surface area contributed by atoms with Gasteiger partial charge in [0.05, 0.1) is 20.0 Å². The summed E-state index contributed by atoms with van der Waals surface area (Å²) in [6.45, 7) is 0. The van der Waals surface area contributed by atoms with Crippen LogP contribution in [-0.2, 0) is 0 Å². The number of nitro benzene ring substituents is 1. The van der Waals surface area contributed by atoms with Crippen LogP contribution in [0.2, 0.25) is 5.02 Å². The van der Waals surface area contributed by atoms with E-state index in [4.69, 9.17) is 21.4 Å². The summed E-state index contributed by atoms with van der Waals surface area (Å²) in [6, 6.07) is 8.21.